The van der Waals surface area contributed by atoms with Crippen molar-refractivity contribution in [3.05, 3.63) is 37.3 Å². The van der Waals surface area contributed by atoms with Gasteiger partial charge in [-0.15, -0.1) is 0 Å². The first kappa shape index (κ1) is 10.3. The minimum Gasteiger partial charge on any atom is -0.311 e. The number of hydrogen-bond donors (Lipinski definition) is 0. The standard InChI is InChI=1S/C11H11N2O/c1-10(14)13(9-5-8-12)11-6-3-2-4-7-11/h2-4,6-7H,1,5,9H2. The topological polar surface area (TPSA) is 44.1 Å². The molecule has 0 aliphatic carbocycles. The van der Waals surface area contributed by atoms with Gasteiger partial charge in [-0.1, -0.05) is 18.2 Å². The Balaban J connectivity index is 2.79. The largest absolute Gasteiger partial charge is 0.311 e. The van der Waals surface area contributed by atoms with Crippen LogP contribution in [0.4, 0.5) is 5.69 Å². The van der Waals surface area contributed by atoms with E-state index in [-0.39, 0.29) is 5.91 Å². The van der Waals surface area contributed by atoms with Gasteiger partial charge in [0, 0.05) is 19.2 Å². The summed E-state index contributed by atoms with van der Waals surface area (Å²) in [5, 5.41) is 8.44. The summed E-state index contributed by atoms with van der Waals surface area (Å²) in [5.74, 6) is -0.286. The van der Waals surface area contributed by atoms with E-state index >= 15 is 0 Å². The highest BCUT2D eigenvalue weighted by Gasteiger charge is 2.09. The summed E-state index contributed by atoms with van der Waals surface area (Å²) >= 11 is 0. The molecule has 3 heteroatoms. The summed E-state index contributed by atoms with van der Waals surface area (Å²) in [6.45, 7) is 3.74. The first-order valence-electron chi connectivity index (χ1n) is 4.31. The third kappa shape index (κ3) is 2.60. The van der Waals surface area contributed by atoms with Crippen LogP contribution in [-0.4, -0.2) is 12.5 Å². The third-order valence-electron chi connectivity index (χ3n) is 1.82. The molecule has 0 saturated carbocycles. The summed E-state index contributed by atoms with van der Waals surface area (Å²) in [4.78, 5) is 12.6. The Hall–Kier alpha value is -1.82. The van der Waals surface area contributed by atoms with Crippen LogP contribution in [-0.2, 0) is 4.79 Å². The summed E-state index contributed by atoms with van der Waals surface area (Å²) in [7, 11) is 0. The van der Waals surface area contributed by atoms with E-state index in [1.807, 2.05) is 36.4 Å². The molecular weight excluding hydrogens is 176 g/mol. The van der Waals surface area contributed by atoms with Crippen molar-refractivity contribution >= 4 is 11.6 Å². The molecule has 1 rings (SSSR count). The zero-order valence-corrected chi connectivity index (χ0v) is 7.81. The van der Waals surface area contributed by atoms with Crippen LogP contribution in [0.25, 0.3) is 0 Å². The fourth-order valence-electron chi connectivity index (χ4n) is 1.17. The second kappa shape index (κ2) is 5.03. The average molecular weight is 187 g/mol. The lowest BCUT2D eigenvalue weighted by atomic mass is 10.2. The number of anilines is 1. The Kier molecular flexibility index (Phi) is 3.69. The molecule has 0 fully saturated rings. The number of benzene rings is 1. The fourth-order valence-corrected chi connectivity index (χ4v) is 1.17. The van der Waals surface area contributed by atoms with E-state index in [0.717, 1.165) is 5.69 Å². The Morgan fingerprint density at radius 3 is 2.57 bits per heavy atom. The van der Waals surface area contributed by atoms with Gasteiger partial charge >= 0.3 is 0 Å². The number of para-hydroxylation sites is 1. The molecule has 0 atom stereocenters. The van der Waals surface area contributed by atoms with E-state index in [4.69, 9.17) is 5.26 Å². The monoisotopic (exact) mass is 187 g/mol. The van der Waals surface area contributed by atoms with Crippen LogP contribution in [0.2, 0.25) is 0 Å². The van der Waals surface area contributed by atoms with Crippen molar-refractivity contribution in [2.45, 2.75) is 6.42 Å². The van der Waals surface area contributed by atoms with Crippen molar-refractivity contribution < 1.29 is 4.79 Å². The van der Waals surface area contributed by atoms with Gasteiger partial charge in [-0.05, 0) is 12.1 Å². The molecule has 1 aromatic carbocycles. The van der Waals surface area contributed by atoms with Crippen molar-refractivity contribution in [2.24, 2.45) is 0 Å². The molecule has 0 spiro atoms. The zero-order valence-electron chi connectivity index (χ0n) is 7.81. The predicted octanol–water partition coefficient (Wildman–Crippen LogP) is 1.77. The smallest absolute Gasteiger partial charge is 0.227 e. The maximum atomic E-state index is 11.2. The molecule has 0 aromatic heterocycles. The van der Waals surface area contributed by atoms with Gasteiger partial charge in [0.25, 0.3) is 0 Å². The van der Waals surface area contributed by atoms with Crippen molar-refractivity contribution in [3.63, 3.8) is 0 Å². The van der Waals surface area contributed by atoms with Crippen LogP contribution in [0.5, 0.6) is 0 Å². The molecule has 1 radical (unpaired) electrons. The van der Waals surface area contributed by atoms with Crippen molar-refractivity contribution in [3.8, 4) is 6.07 Å². The van der Waals surface area contributed by atoms with Gasteiger partial charge in [-0.2, -0.15) is 5.26 Å². The predicted molar refractivity (Wildman–Crippen MR) is 54.4 cm³/mol. The molecule has 0 bridgehead atoms. The van der Waals surface area contributed by atoms with Gasteiger partial charge in [0.2, 0.25) is 5.91 Å². The van der Waals surface area contributed by atoms with Crippen molar-refractivity contribution in [1.29, 1.82) is 5.26 Å². The molecule has 0 aliphatic rings. The van der Waals surface area contributed by atoms with Crippen molar-refractivity contribution in [1.82, 2.24) is 0 Å². The lowest BCUT2D eigenvalue weighted by molar-refractivity contribution is -0.114. The number of hydrogen-bond acceptors (Lipinski definition) is 2. The second-order valence-corrected chi connectivity index (χ2v) is 2.79. The van der Waals surface area contributed by atoms with Crippen LogP contribution in [0, 0.1) is 18.3 Å². The summed E-state index contributed by atoms with van der Waals surface area (Å²) in [6, 6.07) is 11.2. The van der Waals surface area contributed by atoms with Crippen LogP contribution < -0.4 is 4.90 Å². The second-order valence-electron chi connectivity index (χ2n) is 2.79. The van der Waals surface area contributed by atoms with E-state index < -0.39 is 0 Å². The SMILES string of the molecule is [CH2]C(=O)N(CCC#N)c1ccccc1. The summed E-state index contributed by atoms with van der Waals surface area (Å²) < 4.78 is 0. The maximum Gasteiger partial charge on any atom is 0.227 e. The average Bonchev–Trinajstić information content (AvgIpc) is 2.19. The molecule has 0 saturated heterocycles. The van der Waals surface area contributed by atoms with Crippen LogP contribution in [0.1, 0.15) is 6.42 Å². The molecule has 3 nitrogen and oxygen atoms in total. The quantitative estimate of drug-likeness (QED) is 0.723. The Morgan fingerprint density at radius 1 is 1.43 bits per heavy atom. The van der Waals surface area contributed by atoms with Crippen LogP contribution >= 0.6 is 0 Å². The molecule has 0 aliphatic heterocycles. The fraction of sp³-hybridized carbons (Fsp3) is 0.182. The number of nitriles is 1. The molecular formula is C11H11N2O. The molecule has 14 heavy (non-hydrogen) atoms. The molecule has 1 amide bonds. The van der Waals surface area contributed by atoms with E-state index in [1.165, 1.54) is 4.90 Å². The lowest BCUT2D eigenvalue weighted by Gasteiger charge is -2.19. The first-order valence-corrected chi connectivity index (χ1v) is 4.31. The molecule has 0 heterocycles. The van der Waals surface area contributed by atoms with E-state index in [0.29, 0.717) is 13.0 Å². The number of rotatable bonds is 3. The van der Waals surface area contributed by atoms with E-state index in [2.05, 4.69) is 6.92 Å². The highest BCUT2D eigenvalue weighted by Crippen LogP contribution is 2.13. The van der Waals surface area contributed by atoms with E-state index in [1.54, 1.807) is 0 Å². The third-order valence-corrected chi connectivity index (χ3v) is 1.82. The molecule has 0 unspecified atom stereocenters. The number of carbonyl (C=O) groups is 1. The van der Waals surface area contributed by atoms with Gasteiger partial charge in [-0.25, -0.2) is 0 Å². The lowest BCUT2D eigenvalue weighted by Crippen LogP contribution is -2.29. The Bertz CT molecular complexity index is 340. The van der Waals surface area contributed by atoms with Gasteiger partial charge in [-0.3, -0.25) is 4.79 Å². The highest BCUT2D eigenvalue weighted by atomic mass is 16.2. The van der Waals surface area contributed by atoms with Gasteiger partial charge in [0.15, 0.2) is 0 Å². The molecule has 71 valence electrons. The number of carbonyl (C=O) groups excluding carboxylic acids is 1. The minimum absolute atomic E-state index is 0.286. The molecule has 1 aromatic rings. The first-order chi connectivity index (χ1) is 6.75. The van der Waals surface area contributed by atoms with Crippen LogP contribution in [0.15, 0.2) is 30.3 Å². The summed E-state index contributed by atoms with van der Waals surface area (Å²) in [6.07, 6.45) is 0.316. The van der Waals surface area contributed by atoms with Crippen LogP contribution in [0.3, 0.4) is 0 Å². The normalized spacial score (nSPS) is 9.14. The summed E-state index contributed by atoms with van der Waals surface area (Å²) in [5.41, 5.74) is 0.780. The number of nitrogens with zero attached hydrogens (tertiary/aromatic N) is 2. The number of amides is 1. The Labute approximate surface area is 83.6 Å². The molecule has 0 N–H and O–H groups in total. The van der Waals surface area contributed by atoms with Gasteiger partial charge in [0.1, 0.15) is 0 Å². The van der Waals surface area contributed by atoms with E-state index in [9.17, 15) is 4.79 Å². The van der Waals surface area contributed by atoms with Gasteiger partial charge in [0.05, 0.1) is 12.5 Å². The van der Waals surface area contributed by atoms with Crippen molar-refractivity contribution in [2.75, 3.05) is 11.4 Å². The maximum absolute atomic E-state index is 11.2. The van der Waals surface area contributed by atoms with Gasteiger partial charge < -0.3 is 4.90 Å². The minimum atomic E-state index is -0.286. The highest BCUT2D eigenvalue weighted by molar-refractivity contribution is 5.96. The zero-order chi connectivity index (χ0) is 10.4. The Morgan fingerprint density at radius 2 is 2.07 bits per heavy atom.